The zero-order chi connectivity index (χ0) is 9.47. The van der Waals surface area contributed by atoms with Gasteiger partial charge in [0.25, 0.3) is 0 Å². The molecule has 0 amide bonds. The van der Waals surface area contributed by atoms with Crippen LogP contribution >= 0.6 is 0 Å². The van der Waals surface area contributed by atoms with Crippen molar-refractivity contribution in [2.45, 2.75) is 46.5 Å². The van der Waals surface area contributed by atoms with Gasteiger partial charge in [-0.2, -0.15) is 0 Å². The molecule has 0 aromatic rings. The van der Waals surface area contributed by atoms with Gasteiger partial charge in [0.1, 0.15) is 0 Å². The summed E-state index contributed by atoms with van der Waals surface area (Å²) in [6.07, 6.45) is 10.3. The molecule has 0 saturated heterocycles. The van der Waals surface area contributed by atoms with Crippen LogP contribution in [0.1, 0.15) is 46.5 Å². The summed E-state index contributed by atoms with van der Waals surface area (Å²) in [5.41, 5.74) is 3.80. The summed E-state index contributed by atoms with van der Waals surface area (Å²) in [5.74, 6) is 0.805. The Morgan fingerprint density at radius 3 is 2.69 bits per heavy atom. The van der Waals surface area contributed by atoms with E-state index in [4.69, 9.17) is 0 Å². The summed E-state index contributed by atoms with van der Waals surface area (Å²) in [4.78, 5) is 0. The molecule has 0 spiro atoms. The molecular formula is C13H20. The number of allylic oxidation sites excluding steroid dienone is 4. The van der Waals surface area contributed by atoms with E-state index in [2.05, 4.69) is 32.9 Å². The van der Waals surface area contributed by atoms with E-state index in [0.717, 1.165) is 5.92 Å². The summed E-state index contributed by atoms with van der Waals surface area (Å²) < 4.78 is 0. The van der Waals surface area contributed by atoms with Gasteiger partial charge in [0, 0.05) is 5.41 Å². The highest BCUT2D eigenvalue weighted by atomic mass is 14.5. The van der Waals surface area contributed by atoms with Crippen LogP contribution in [-0.2, 0) is 0 Å². The van der Waals surface area contributed by atoms with Crippen molar-refractivity contribution < 1.29 is 0 Å². The van der Waals surface area contributed by atoms with E-state index in [0.29, 0.717) is 5.41 Å². The molecule has 0 aliphatic heterocycles. The second-order valence-corrected chi connectivity index (χ2v) is 4.74. The first-order chi connectivity index (χ1) is 6.18. The largest absolute Gasteiger partial charge is 0.0876 e. The van der Waals surface area contributed by atoms with Crippen LogP contribution in [0.4, 0.5) is 0 Å². The van der Waals surface area contributed by atoms with E-state index in [1.807, 2.05) is 0 Å². The Labute approximate surface area is 81.7 Å². The molecular weight excluding hydrogens is 156 g/mol. The zero-order valence-corrected chi connectivity index (χ0v) is 9.06. The maximum absolute atomic E-state index is 2.52. The first-order valence-corrected chi connectivity index (χ1v) is 5.56. The Morgan fingerprint density at radius 2 is 2.08 bits per heavy atom. The van der Waals surface area contributed by atoms with Gasteiger partial charge in [-0.15, -0.1) is 0 Å². The van der Waals surface area contributed by atoms with Crippen LogP contribution in [-0.4, -0.2) is 0 Å². The quantitative estimate of drug-likeness (QED) is 0.488. The second-order valence-electron chi connectivity index (χ2n) is 4.74. The normalized spacial score (nSPS) is 41.9. The second kappa shape index (κ2) is 3.01. The van der Waals surface area contributed by atoms with Crippen molar-refractivity contribution in [1.82, 2.24) is 0 Å². The summed E-state index contributed by atoms with van der Waals surface area (Å²) in [6, 6.07) is 0. The summed E-state index contributed by atoms with van der Waals surface area (Å²) >= 11 is 0. The monoisotopic (exact) mass is 176 g/mol. The Balaban J connectivity index is 2.33. The Hall–Kier alpha value is -0.520. The molecule has 3 aliphatic rings. The van der Waals surface area contributed by atoms with Crippen LogP contribution in [0, 0.1) is 11.3 Å². The highest BCUT2D eigenvalue weighted by Gasteiger charge is 2.42. The summed E-state index contributed by atoms with van der Waals surface area (Å²) in [7, 11) is 0. The number of rotatable bonds is 0. The molecule has 1 fully saturated rings. The lowest BCUT2D eigenvalue weighted by atomic mass is 9.57. The van der Waals surface area contributed by atoms with Crippen LogP contribution in [0.3, 0.4) is 0 Å². The molecule has 2 atom stereocenters. The van der Waals surface area contributed by atoms with E-state index < -0.39 is 0 Å². The first kappa shape index (κ1) is 9.05. The minimum Gasteiger partial charge on any atom is -0.0876 e. The van der Waals surface area contributed by atoms with E-state index in [1.54, 1.807) is 11.1 Å². The molecule has 0 heterocycles. The van der Waals surface area contributed by atoms with Crippen molar-refractivity contribution in [2.75, 3.05) is 0 Å². The number of hydrogen-bond donors (Lipinski definition) is 0. The molecule has 0 aromatic carbocycles. The SMILES string of the molecule is C/C=C1/CCCCC2=CC1(C)C2C. The number of fused-ring (bicyclic) bond motifs is 4. The molecule has 0 heteroatoms. The Bertz CT molecular complexity index is 270. The van der Waals surface area contributed by atoms with Crippen LogP contribution in [0.5, 0.6) is 0 Å². The Kier molecular flexibility index (Phi) is 2.09. The van der Waals surface area contributed by atoms with E-state index in [1.165, 1.54) is 25.7 Å². The maximum atomic E-state index is 2.52. The van der Waals surface area contributed by atoms with Gasteiger partial charge < -0.3 is 0 Å². The minimum absolute atomic E-state index is 0.421. The van der Waals surface area contributed by atoms with Gasteiger partial charge in [0.2, 0.25) is 0 Å². The van der Waals surface area contributed by atoms with Crippen LogP contribution in [0.15, 0.2) is 23.3 Å². The molecule has 3 aliphatic carbocycles. The van der Waals surface area contributed by atoms with Gasteiger partial charge in [0.05, 0.1) is 0 Å². The fourth-order valence-electron chi connectivity index (χ4n) is 2.95. The van der Waals surface area contributed by atoms with Gasteiger partial charge in [-0.3, -0.25) is 0 Å². The third-order valence-corrected chi connectivity index (χ3v) is 4.14. The average molecular weight is 176 g/mol. The zero-order valence-electron chi connectivity index (χ0n) is 9.06. The lowest BCUT2D eigenvalue weighted by Gasteiger charge is -2.47. The summed E-state index contributed by atoms with van der Waals surface area (Å²) in [6.45, 7) is 6.99. The molecule has 0 radical (unpaired) electrons. The van der Waals surface area contributed by atoms with E-state index in [-0.39, 0.29) is 0 Å². The lowest BCUT2D eigenvalue weighted by Crippen LogP contribution is -2.36. The predicted molar refractivity (Wildman–Crippen MR) is 57.6 cm³/mol. The molecule has 3 rings (SSSR count). The van der Waals surface area contributed by atoms with Crippen molar-refractivity contribution in [3.8, 4) is 0 Å². The van der Waals surface area contributed by atoms with Gasteiger partial charge in [-0.05, 0) is 38.5 Å². The van der Waals surface area contributed by atoms with Crippen molar-refractivity contribution in [3.05, 3.63) is 23.3 Å². The standard InChI is InChI=1S/C13H20/c1-4-12-8-6-5-7-11-9-13(12,3)10(11)2/h4,9-10H,5-8H2,1-3H3/b12-4-. The van der Waals surface area contributed by atoms with Gasteiger partial charge in [0.15, 0.2) is 0 Å². The third-order valence-electron chi connectivity index (χ3n) is 4.14. The fraction of sp³-hybridized carbons (Fsp3) is 0.692. The van der Waals surface area contributed by atoms with Crippen molar-refractivity contribution in [2.24, 2.45) is 11.3 Å². The highest BCUT2D eigenvalue weighted by molar-refractivity contribution is 5.38. The predicted octanol–water partition coefficient (Wildman–Crippen LogP) is 4.09. The first-order valence-electron chi connectivity index (χ1n) is 5.56. The maximum Gasteiger partial charge on any atom is 0.0128 e. The van der Waals surface area contributed by atoms with Gasteiger partial charge >= 0.3 is 0 Å². The van der Waals surface area contributed by atoms with Crippen molar-refractivity contribution >= 4 is 0 Å². The van der Waals surface area contributed by atoms with Crippen molar-refractivity contribution in [3.63, 3.8) is 0 Å². The lowest BCUT2D eigenvalue weighted by molar-refractivity contribution is 0.286. The molecule has 0 aromatic heterocycles. The number of hydrogen-bond acceptors (Lipinski definition) is 0. The fourth-order valence-corrected chi connectivity index (χ4v) is 2.95. The molecule has 2 unspecified atom stereocenters. The average Bonchev–Trinajstić information content (AvgIpc) is 2.11. The van der Waals surface area contributed by atoms with Gasteiger partial charge in [-0.1, -0.05) is 37.1 Å². The van der Waals surface area contributed by atoms with Gasteiger partial charge in [-0.25, -0.2) is 0 Å². The molecule has 13 heavy (non-hydrogen) atoms. The third kappa shape index (κ3) is 1.19. The van der Waals surface area contributed by atoms with Crippen LogP contribution in [0.2, 0.25) is 0 Å². The smallest absolute Gasteiger partial charge is 0.0128 e. The van der Waals surface area contributed by atoms with Crippen LogP contribution in [0.25, 0.3) is 0 Å². The minimum atomic E-state index is 0.421. The topological polar surface area (TPSA) is 0 Å². The molecule has 0 nitrogen and oxygen atoms in total. The molecule has 1 saturated carbocycles. The Morgan fingerprint density at radius 1 is 1.38 bits per heavy atom. The molecule has 72 valence electrons. The summed E-state index contributed by atoms with van der Waals surface area (Å²) in [5, 5.41) is 0. The molecule has 0 N–H and O–H groups in total. The highest BCUT2D eigenvalue weighted by Crippen LogP contribution is 2.53. The van der Waals surface area contributed by atoms with Crippen molar-refractivity contribution in [1.29, 1.82) is 0 Å². The van der Waals surface area contributed by atoms with E-state index in [9.17, 15) is 0 Å². The molecule has 2 bridgehead atoms. The van der Waals surface area contributed by atoms with Crippen LogP contribution < -0.4 is 0 Å². The van der Waals surface area contributed by atoms with E-state index >= 15 is 0 Å².